The first-order chi connectivity index (χ1) is 10.9. The van der Waals surface area contributed by atoms with Crippen molar-refractivity contribution in [3.63, 3.8) is 0 Å². The molecule has 0 unspecified atom stereocenters. The Hall–Kier alpha value is -2.88. The Morgan fingerprint density at radius 2 is 1.83 bits per heavy atom. The van der Waals surface area contributed by atoms with Crippen molar-refractivity contribution in [1.82, 2.24) is 0 Å². The second kappa shape index (κ2) is 4.32. The lowest BCUT2D eigenvalue weighted by Crippen LogP contribution is -2.32. The highest BCUT2D eigenvalue weighted by Gasteiger charge is 2.42. The van der Waals surface area contributed by atoms with E-state index in [9.17, 15) is 14.7 Å². The summed E-state index contributed by atoms with van der Waals surface area (Å²) in [7, 11) is 0. The zero-order valence-electron chi connectivity index (χ0n) is 12.8. The zero-order valence-corrected chi connectivity index (χ0v) is 12.8. The number of fused-ring (bicyclic) bond motifs is 5. The van der Waals surface area contributed by atoms with Gasteiger partial charge in [0.1, 0.15) is 0 Å². The van der Waals surface area contributed by atoms with Crippen LogP contribution in [0.25, 0.3) is 5.70 Å². The van der Waals surface area contributed by atoms with Crippen LogP contribution in [0, 0.1) is 0 Å². The number of hydrogen-bond donors (Lipinski definition) is 1. The average Bonchev–Trinajstić information content (AvgIpc) is 2.80. The summed E-state index contributed by atoms with van der Waals surface area (Å²) in [6.07, 6.45) is 2.05. The molecule has 0 aromatic heterocycles. The van der Waals surface area contributed by atoms with Crippen LogP contribution in [0.15, 0.2) is 48.5 Å². The van der Waals surface area contributed by atoms with Crippen molar-refractivity contribution in [2.75, 3.05) is 4.90 Å². The van der Waals surface area contributed by atoms with Gasteiger partial charge in [-0.1, -0.05) is 44.2 Å². The molecule has 2 aromatic rings. The minimum absolute atomic E-state index is 0.0538. The van der Waals surface area contributed by atoms with E-state index in [0.29, 0.717) is 5.56 Å². The predicted octanol–water partition coefficient (Wildman–Crippen LogP) is 3.68. The molecule has 0 atom stereocenters. The van der Waals surface area contributed by atoms with Gasteiger partial charge in [0, 0.05) is 11.0 Å². The molecule has 4 heteroatoms. The Morgan fingerprint density at radius 1 is 1.09 bits per heavy atom. The first kappa shape index (κ1) is 13.8. The Balaban J connectivity index is 2.05. The van der Waals surface area contributed by atoms with Crippen molar-refractivity contribution in [3.8, 4) is 0 Å². The van der Waals surface area contributed by atoms with E-state index in [1.54, 1.807) is 11.0 Å². The van der Waals surface area contributed by atoms with Gasteiger partial charge >= 0.3 is 5.97 Å². The number of aromatic carboxylic acids is 1. The highest BCUT2D eigenvalue weighted by molar-refractivity contribution is 6.26. The zero-order chi connectivity index (χ0) is 16.4. The highest BCUT2D eigenvalue weighted by Crippen LogP contribution is 2.48. The van der Waals surface area contributed by atoms with Gasteiger partial charge < -0.3 is 5.11 Å². The summed E-state index contributed by atoms with van der Waals surface area (Å²) in [6.45, 7) is 4.19. The van der Waals surface area contributed by atoms with E-state index in [1.165, 1.54) is 6.07 Å². The van der Waals surface area contributed by atoms with Crippen LogP contribution in [0.3, 0.4) is 0 Å². The van der Waals surface area contributed by atoms with Crippen molar-refractivity contribution in [3.05, 3.63) is 70.8 Å². The number of anilines is 1. The standard InChI is InChI=1S/C19H15NO3/c1-19(2)10-15-11-6-5-7-12(18(22)23)16(11)17(21)20(15)14-9-4-3-8-13(14)19/h3-10H,1-2H3,(H,22,23). The van der Waals surface area contributed by atoms with E-state index in [-0.39, 0.29) is 22.4 Å². The lowest BCUT2D eigenvalue weighted by Gasteiger charge is -2.35. The number of carboxylic acids is 1. The van der Waals surface area contributed by atoms with E-state index in [1.807, 2.05) is 36.4 Å². The fourth-order valence-corrected chi connectivity index (χ4v) is 3.53. The van der Waals surface area contributed by atoms with Crippen LogP contribution in [-0.2, 0) is 5.41 Å². The predicted molar refractivity (Wildman–Crippen MR) is 87.7 cm³/mol. The third-order valence-electron chi connectivity index (χ3n) is 4.57. The van der Waals surface area contributed by atoms with Gasteiger partial charge in [0.05, 0.1) is 22.5 Å². The number of amides is 1. The Kier molecular flexibility index (Phi) is 2.58. The maximum Gasteiger partial charge on any atom is 0.336 e. The monoisotopic (exact) mass is 305 g/mol. The maximum absolute atomic E-state index is 13.0. The number of rotatable bonds is 1. The van der Waals surface area contributed by atoms with Crippen LogP contribution in [0.4, 0.5) is 5.69 Å². The van der Waals surface area contributed by atoms with Crippen LogP contribution in [0.1, 0.15) is 45.7 Å². The molecule has 2 heterocycles. The fourth-order valence-electron chi connectivity index (χ4n) is 3.53. The molecular formula is C19H15NO3. The molecule has 1 N–H and O–H groups in total. The molecule has 23 heavy (non-hydrogen) atoms. The first-order valence-electron chi connectivity index (χ1n) is 7.45. The molecule has 1 amide bonds. The molecule has 2 aliphatic rings. The van der Waals surface area contributed by atoms with E-state index >= 15 is 0 Å². The number of hydrogen-bond acceptors (Lipinski definition) is 2. The molecule has 0 spiro atoms. The molecule has 0 bridgehead atoms. The summed E-state index contributed by atoms with van der Waals surface area (Å²) in [5, 5.41) is 9.41. The number of allylic oxidation sites excluding steroid dienone is 1. The van der Waals surface area contributed by atoms with Crippen molar-refractivity contribution < 1.29 is 14.7 Å². The normalized spacial score (nSPS) is 17.2. The van der Waals surface area contributed by atoms with E-state index < -0.39 is 5.97 Å². The number of para-hydroxylation sites is 1. The summed E-state index contributed by atoms with van der Waals surface area (Å²) in [6, 6.07) is 12.8. The number of nitrogens with zero attached hydrogens (tertiary/aromatic N) is 1. The van der Waals surface area contributed by atoms with Crippen LogP contribution < -0.4 is 4.90 Å². The number of carbonyl (C=O) groups is 2. The SMILES string of the molecule is CC1(C)C=C2c3cccc(C(=O)O)c3C(=O)N2c2ccccc21. The summed E-state index contributed by atoms with van der Waals surface area (Å²) >= 11 is 0. The van der Waals surface area contributed by atoms with Crippen LogP contribution >= 0.6 is 0 Å². The molecule has 4 nitrogen and oxygen atoms in total. The lowest BCUT2D eigenvalue weighted by atomic mass is 9.79. The first-order valence-corrected chi connectivity index (χ1v) is 7.45. The van der Waals surface area contributed by atoms with Crippen molar-refractivity contribution in [2.45, 2.75) is 19.3 Å². The van der Waals surface area contributed by atoms with E-state index in [0.717, 1.165) is 16.9 Å². The molecule has 0 radical (unpaired) electrons. The maximum atomic E-state index is 13.0. The van der Waals surface area contributed by atoms with Gasteiger partial charge in [-0.15, -0.1) is 0 Å². The summed E-state index contributed by atoms with van der Waals surface area (Å²) in [5.41, 5.74) is 3.45. The molecule has 2 aromatic carbocycles. The smallest absolute Gasteiger partial charge is 0.336 e. The quantitative estimate of drug-likeness (QED) is 0.874. The Morgan fingerprint density at radius 3 is 2.57 bits per heavy atom. The summed E-state index contributed by atoms with van der Waals surface area (Å²) < 4.78 is 0. The molecule has 0 fully saturated rings. The van der Waals surface area contributed by atoms with Gasteiger partial charge in [0.25, 0.3) is 5.91 Å². The second-order valence-corrected chi connectivity index (χ2v) is 6.44. The van der Waals surface area contributed by atoms with Crippen molar-refractivity contribution >= 4 is 23.3 Å². The Labute approximate surface area is 133 Å². The summed E-state index contributed by atoms with van der Waals surface area (Å²) in [4.78, 5) is 26.1. The van der Waals surface area contributed by atoms with Gasteiger partial charge in [-0.05, 0) is 23.8 Å². The number of carbonyl (C=O) groups excluding carboxylic acids is 1. The van der Waals surface area contributed by atoms with E-state index in [2.05, 4.69) is 13.8 Å². The van der Waals surface area contributed by atoms with Gasteiger partial charge in [-0.3, -0.25) is 9.69 Å². The topological polar surface area (TPSA) is 57.6 Å². The Bertz CT molecular complexity index is 909. The van der Waals surface area contributed by atoms with Crippen LogP contribution in [0.2, 0.25) is 0 Å². The minimum Gasteiger partial charge on any atom is -0.478 e. The highest BCUT2D eigenvalue weighted by atomic mass is 16.4. The molecule has 0 saturated heterocycles. The van der Waals surface area contributed by atoms with Crippen LogP contribution in [0.5, 0.6) is 0 Å². The van der Waals surface area contributed by atoms with E-state index in [4.69, 9.17) is 0 Å². The van der Waals surface area contributed by atoms with Crippen LogP contribution in [-0.4, -0.2) is 17.0 Å². The second-order valence-electron chi connectivity index (χ2n) is 6.44. The lowest BCUT2D eigenvalue weighted by molar-refractivity contribution is 0.0692. The fraction of sp³-hybridized carbons (Fsp3) is 0.158. The third-order valence-corrected chi connectivity index (χ3v) is 4.57. The molecule has 4 rings (SSSR count). The molecule has 114 valence electrons. The molecule has 0 saturated carbocycles. The summed E-state index contributed by atoms with van der Waals surface area (Å²) in [5.74, 6) is -1.35. The van der Waals surface area contributed by atoms with Crippen molar-refractivity contribution in [1.29, 1.82) is 0 Å². The molecular weight excluding hydrogens is 290 g/mol. The van der Waals surface area contributed by atoms with Crippen molar-refractivity contribution in [2.24, 2.45) is 0 Å². The van der Waals surface area contributed by atoms with Gasteiger partial charge in [0.2, 0.25) is 0 Å². The largest absolute Gasteiger partial charge is 0.478 e. The van der Waals surface area contributed by atoms with Gasteiger partial charge in [-0.2, -0.15) is 0 Å². The molecule has 2 aliphatic heterocycles. The number of benzene rings is 2. The van der Waals surface area contributed by atoms with Gasteiger partial charge in [0.15, 0.2) is 0 Å². The van der Waals surface area contributed by atoms with Gasteiger partial charge in [-0.25, -0.2) is 4.79 Å². The molecule has 0 aliphatic carbocycles. The average molecular weight is 305 g/mol. The third kappa shape index (κ3) is 1.72. The minimum atomic E-state index is -1.08. The number of carboxylic acid groups (broad SMARTS) is 1.